The summed E-state index contributed by atoms with van der Waals surface area (Å²) in [7, 11) is 1.55. The SMILES string of the molecule is COc1ccccc1C(=O)N1C(C(=O)NCC(C)C)COC12CCCCC2. The first-order valence-corrected chi connectivity index (χ1v) is 9.87. The molecule has 3 rings (SSSR count). The van der Waals surface area contributed by atoms with E-state index < -0.39 is 11.8 Å². The summed E-state index contributed by atoms with van der Waals surface area (Å²) in [6, 6.07) is 6.55. The fourth-order valence-electron chi connectivity index (χ4n) is 4.04. The molecule has 2 amide bonds. The lowest BCUT2D eigenvalue weighted by atomic mass is 9.89. The van der Waals surface area contributed by atoms with Gasteiger partial charge in [0.25, 0.3) is 5.91 Å². The number of nitrogens with one attached hydrogen (secondary N) is 1. The number of carbonyl (C=O) groups excluding carboxylic acids is 2. The van der Waals surface area contributed by atoms with Crippen molar-refractivity contribution in [3.8, 4) is 5.75 Å². The van der Waals surface area contributed by atoms with E-state index in [-0.39, 0.29) is 18.4 Å². The van der Waals surface area contributed by atoms with Crippen molar-refractivity contribution < 1.29 is 19.1 Å². The van der Waals surface area contributed by atoms with Crippen molar-refractivity contribution in [3.05, 3.63) is 29.8 Å². The largest absolute Gasteiger partial charge is 0.496 e. The molecule has 1 heterocycles. The summed E-state index contributed by atoms with van der Waals surface area (Å²) in [5.74, 6) is 0.519. The van der Waals surface area contributed by atoms with Crippen LogP contribution in [0.1, 0.15) is 56.3 Å². The molecule has 27 heavy (non-hydrogen) atoms. The third-order valence-electron chi connectivity index (χ3n) is 5.44. The normalized spacial score (nSPS) is 21.5. The van der Waals surface area contributed by atoms with Crippen LogP contribution in [0.2, 0.25) is 0 Å². The van der Waals surface area contributed by atoms with Crippen LogP contribution in [0.4, 0.5) is 0 Å². The molecule has 1 aliphatic carbocycles. The first kappa shape index (κ1) is 19.7. The Morgan fingerprint density at radius 1 is 1.26 bits per heavy atom. The van der Waals surface area contributed by atoms with Crippen LogP contribution in [0.15, 0.2) is 24.3 Å². The van der Waals surface area contributed by atoms with E-state index in [0.717, 1.165) is 32.1 Å². The number of amides is 2. The monoisotopic (exact) mass is 374 g/mol. The highest BCUT2D eigenvalue weighted by atomic mass is 16.5. The molecule has 148 valence electrons. The standard InChI is InChI=1S/C21H30N2O4/c1-15(2)13-22-19(24)17-14-27-21(11-7-4-8-12-21)23(17)20(25)16-9-5-6-10-18(16)26-3/h5-6,9-10,15,17H,4,7-8,11-14H2,1-3H3,(H,22,24). The van der Waals surface area contributed by atoms with Gasteiger partial charge in [-0.1, -0.05) is 32.4 Å². The van der Waals surface area contributed by atoms with Crippen molar-refractivity contribution in [2.24, 2.45) is 5.92 Å². The van der Waals surface area contributed by atoms with Gasteiger partial charge in [0.05, 0.1) is 19.3 Å². The Balaban J connectivity index is 1.93. The fraction of sp³-hybridized carbons (Fsp3) is 0.619. The lowest BCUT2D eigenvalue weighted by Gasteiger charge is -2.41. The molecule has 1 N–H and O–H groups in total. The number of benzene rings is 1. The molecule has 1 aromatic carbocycles. The van der Waals surface area contributed by atoms with Crippen LogP contribution in [0, 0.1) is 5.92 Å². The highest BCUT2D eigenvalue weighted by molar-refractivity contribution is 6.00. The van der Waals surface area contributed by atoms with Crippen LogP contribution in [0.25, 0.3) is 0 Å². The van der Waals surface area contributed by atoms with Gasteiger partial charge in [0, 0.05) is 6.54 Å². The number of ether oxygens (including phenoxy) is 2. The number of rotatable bonds is 5. The minimum atomic E-state index is -0.685. The zero-order valence-electron chi connectivity index (χ0n) is 16.5. The minimum absolute atomic E-state index is 0.144. The Morgan fingerprint density at radius 2 is 1.96 bits per heavy atom. The predicted molar refractivity (Wildman–Crippen MR) is 103 cm³/mol. The molecule has 1 spiro atoms. The first-order valence-electron chi connectivity index (χ1n) is 9.87. The summed E-state index contributed by atoms with van der Waals surface area (Å²) < 4.78 is 11.5. The number of methoxy groups -OCH3 is 1. The number of hydrogen-bond acceptors (Lipinski definition) is 4. The average molecular weight is 374 g/mol. The molecule has 1 unspecified atom stereocenters. The summed E-state index contributed by atoms with van der Waals surface area (Å²) >= 11 is 0. The Morgan fingerprint density at radius 3 is 2.63 bits per heavy atom. The van der Waals surface area contributed by atoms with Gasteiger partial charge in [0.2, 0.25) is 5.91 Å². The number of carbonyl (C=O) groups is 2. The minimum Gasteiger partial charge on any atom is -0.496 e. The zero-order valence-corrected chi connectivity index (χ0v) is 16.5. The molecule has 2 aliphatic rings. The molecular weight excluding hydrogens is 344 g/mol. The van der Waals surface area contributed by atoms with Crippen molar-refractivity contribution in [1.82, 2.24) is 10.2 Å². The van der Waals surface area contributed by atoms with E-state index in [2.05, 4.69) is 5.32 Å². The topological polar surface area (TPSA) is 67.9 Å². The number of hydrogen-bond donors (Lipinski definition) is 1. The molecular formula is C21H30N2O4. The van der Waals surface area contributed by atoms with E-state index in [1.54, 1.807) is 24.1 Å². The van der Waals surface area contributed by atoms with E-state index in [9.17, 15) is 9.59 Å². The summed E-state index contributed by atoms with van der Waals surface area (Å²) in [4.78, 5) is 28.1. The van der Waals surface area contributed by atoms with Crippen molar-refractivity contribution in [2.75, 3.05) is 20.3 Å². The maximum atomic E-state index is 13.5. The van der Waals surface area contributed by atoms with Gasteiger partial charge < -0.3 is 14.8 Å². The summed E-state index contributed by atoms with van der Waals surface area (Å²) in [5, 5.41) is 2.97. The van der Waals surface area contributed by atoms with Crippen LogP contribution >= 0.6 is 0 Å². The molecule has 2 fully saturated rings. The molecule has 1 atom stereocenters. The maximum Gasteiger partial charge on any atom is 0.260 e. The van der Waals surface area contributed by atoms with Gasteiger partial charge in [0.15, 0.2) is 0 Å². The van der Waals surface area contributed by atoms with Crippen LogP contribution in [-0.2, 0) is 9.53 Å². The maximum absolute atomic E-state index is 13.5. The second kappa shape index (κ2) is 8.30. The average Bonchev–Trinajstić information content (AvgIpc) is 3.04. The van der Waals surface area contributed by atoms with Crippen LogP contribution in [0.3, 0.4) is 0 Å². The van der Waals surface area contributed by atoms with Crippen molar-refractivity contribution in [2.45, 2.75) is 57.7 Å². The lowest BCUT2D eigenvalue weighted by molar-refractivity contribution is -0.127. The fourth-order valence-corrected chi connectivity index (χ4v) is 4.04. The molecule has 1 saturated carbocycles. The van der Waals surface area contributed by atoms with Gasteiger partial charge in [-0.05, 0) is 43.7 Å². The summed E-state index contributed by atoms with van der Waals surface area (Å²) in [5.41, 5.74) is -0.215. The van der Waals surface area contributed by atoms with E-state index in [1.165, 1.54) is 0 Å². The molecule has 1 saturated heterocycles. The Kier molecular flexibility index (Phi) is 6.05. The summed E-state index contributed by atoms with van der Waals surface area (Å²) in [6.45, 7) is 4.92. The molecule has 0 radical (unpaired) electrons. The van der Waals surface area contributed by atoms with E-state index >= 15 is 0 Å². The lowest BCUT2D eigenvalue weighted by Crippen LogP contribution is -2.56. The second-order valence-corrected chi connectivity index (χ2v) is 7.85. The van der Waals surface area contributed by atoms with Gasteiger partial charge in [-0.25, -0.2) is 0 Å². The molecule has 0 bridgehead atoms. The number of nitrogens with zero attached hydrogens (tertiary/aromatic N) is 1. The van der Waals surface area contributed by atoms with Gasteiger partial charge in [0.1, 0.15) is 17.5 Å². The van der Waals surface area contributed by atoms with Crippen molar-refractivity contribution >= 4 is 11.8 Å². The molecule has 6 heteroatoms. The Hall–Kier alpha value is -2.08. The number of para-hydroxylation sites is 1. The predicted octanol–water partition coefficient (Wildman–Crippen LogP) is 2.97. The molecule has 0 aromatic heterocycles. The van der Waals surface area contributed by atoms with Crippen molar-refractivity contribution in [1.29, 1.82) is 0 Å². The van der Waals surface area contributed by atoms with Crippen LogP contribution in [0.5, 0.6) is 5.75 Å². The molecule has 1 aliphatic heterocycles. The third-order valence-corrected chi connectivity index (χ3v) is 5.44. The second-order valence-electron chi connectivity index (χ2n) is 7.85. The van der Waals surface area contributed by atoms with Gasteiger partial charge >= 0.3 is 0 Å². The highest BCUT2D eigenvalue weighted by Gasteiger charge is 2.53. The van der Waals surface area contributed by atoms with E-state index in [4.69, 9.17) is 9.47 Å². The van der Waals surface area contributed by atoms with E-state index in [0.29, 0.717) is 23.8 Å². The quantitative estimate of drug-likeness (QED) is 0.860. The summed E-state index contributed by atoms with van der Waals surface area (Å²) in [6.07, 6.45) is 4.65. The highest BCUT2D eigenvalue weighted by Crippen LogP contribution is 2.42. The zero-order chi connectivity index (χ0) is 19.4. The van der Waals surface area contributed by atoms with Gasteiger partial charge in [-0.15, -0.1) is 0 Å². The third kappa shape index (κ3) is 3.95. The first-order chi connectivity index (χ1) is 13.0. The van der Waals surface area contributed by atoms with Gasteiger partial charge in [-0.2, -0.15) is 0 Å². The van der Waals surface area contributed by atoms with E-state index in [1.807, 2.05) is 26.0 Å². The Labute approximate surface area is 161 Å². The smallest absolute Gasteiger partial charge is 0.260 e. The van der Waals surface area contributed by atoms with Crippen LogP contribution < -0.4 is 10.1 Å². The van der Waals surface area contributed by atoms with Gasteiger partial charge in [-0.3, -0.25) is 14.5 Å². The molecule has 6 nitrogen and oxygen atoms in total. The van der Waals surface area contributed by atoms with Crippen molar-refractivity contribution in [3.63, 3.8) is 0 Å². The molecule has 1 aromatic rings. The van der Waals surface area contributed by atoms with Crippen LogP contribution in [-0.4, -0.2) is 48.7 Å². The Bertz CT molecular complexity index is 683.